The molecule has 0 unspecified atom stereocenters. The second-order valence-corrected chi connectivity index (χ2v) is 6.49. The van der Waals surface area contributed by atoms with Gasteiger partial charge in [0.2, 0.25) is 0 Å². The third-order valence-corrected chi connectivity index (χ3v) is 4.71. The van der Waals surface area contributed by atoms with Crippen LogP contribution in [0.4, 0.5) is 5.69 Å². The smallest absolute Gasteiger partial charge is 0.282 e. The van der Waals surface area contributed by atoms with Gasteiger partial charge < -0.3 is 10.2 Å². The Balaban J connectivity index is 1.63. The molecular formula is C19H22ClN2O+. The Morgan fingerprint density at radius 1 is 1.22 bits per heavy atom. The van der Waals surface area contributed by atoms with E-state index < -0.39 is 0 Å². The van der Waals surface area contributed by atoms with Crippen LogP contribution in [0.5, 0.6) is 0 Å². The van der Waals surface area contributed by atoms with E-state index in [0.717, 1.165) is 30.1 Å². The molecule has 0 bridgehead atoms. The molecule has 120 valence electrons. The second kappa shape index (κ2) is 7.16. The molecule has 1 aliphatic rings. The molecule has 2 aromatic rings. The lowest BCUT2D eigenvalue weighted by molar-refractivity contribution is -0.682. The highest BCUT2D eigenvalue weighted by molar-refractivity contribution is 6.30. The second-order valence-electron chi connectivity index (χ2n) is 6.06. The maximum Gasteiger partial charge on any atom is 0.282 e. The summed E-state index contributed by atoms with van der Waals surface area (Å²) in [6.45, 7) is 3.39. The van der Waals surface area contributed by atoms with Crippen molar-refractivity contribution in [2.24, 2.45) is 0 Å². The predicted molar refractivity (Wildman–Crippen MR) is 93.8 cm³/mol. The van der Waals surface area contributed by atoms with Gasteiger partial charge in [-0.3, -0.25) is 4.79 Å². The fourth-order valence-corrected chi connectivity index (χ4v) is 3.21. The maximum absolute atomic E-state index is 12.6. The number of nitrogens with zero attached hydrogens (tertiary/aromatic N) is 1. The first-order chi connectivity index (χ1) is 11.1. The van der Waals surface area contributed by atoms with Gasteiger partial charge in [-0.05, 0) is 43.5 Å². The molecule has 0 spiro atoms. The Morgan fingerprint density at radius 2 is 1.96 bits per heavy atom. The fourth-order valence-electron chi connectivity index (χ4n) is 3.08. The minimum atomic E-state index is 0.179. The molecule has 0 radical (unpaired) electrons. The van der Waals surface area contributed by atoms with E-state index in [9.17, 15) is 4.79 Å². The number of carbonyl (C=O) groups excluding carboxylic acids is 1. The summed E-state index contributed by atoms with van der Waals surface area (Å²) in [5.41, 5.74) is 3.54. The third kappa shape index (κ3) is 3.74. The summed E-state index contributed by atoms with van der Waals surface area (Å²) in [5.74, 6) is 0.179. The number of anilines is 1. The van der Waals surface area contributed by atoms with E-state index in [1.807, 2.05) is 41.3 Å². The summed E-state index contributed by atoms with van der Waals surface area (Å²) < 4.78 is 0. The number of benzene rings is 2. The number of halogens is 1. The van der Waals surface area contributed by atoms with Gasteiger partial charge in [0.1, 0.15) is 6.04 Å². The van der Waals surface area contributed by atoms with Crippen LogP contribution in [0, 0.1) is 0 Å². The highest BCUT2D eigenvalue weighted by Crippen LogP contribution is 2.26. The van der Waals surface area contributed by atoms with Crippen molar-refractivity contribution in [1.82, 2.24) is 0 Å². The summed E-state index contributed by atoms with van der Waals surface area (Å²) >= 11 is 5.92. The zero-order valence-electron chi connectivity index (χ0n) is 13.3. The Morgan fingerprint density at radius 3 is 2.74 bits per heavy atom. The molecule has 0 aromatic heterocycles. The van der Waals surface area contributed by atoms with E-state index in [1.54, 1.807) is 0 Å². The molecule has 4 heteroatoms. The number of amides is 1. The van der Waals surface area contributed by atoms with Gasteiger partial charge in [-0.2, -0.15) is 0 Å². The van der Waals surface area contributed by atoms with E-state index in [4.69, 9.17) is 11.6 Å². The van der Waals surface area contributed by atoms with Gasteiger partial charge in [0.25, 0.3) is 5.91 Å². The SMILES string of the molecule is C[C@@H]([NH2+]CC(=O)N1CCCc2ccccc21)c1ccc(Cl)cc1. The molecule has 0 aliphatic carbocycles. The van der Waals surface area contributed by atoms with Crippen molar-refractivity contribution in [2.75, 3.05) is 18.0 Å². The Labute approximate surface area is 142 Å². The van der Waals surface area contributed by atoms with Crippen LogP contribution in [0.2, 0.25) is 5.02 Å². The predicted octanol–water partition coefficient (Wildman–Crippen LogP) is 2.94. The molecule has 3 nitrogen and oxygen atoms in total. The van der Waals surface area contributed by atoms with Crippen LogP contribution in [0.3, 0.4) is 0 Å². The Bertz CT molecular complexity index is 684. The summed E-state index contributed by atoms with van der Waals surface area (Å²) in [6, 6.07) is 16.3. The first kappa shape index (κ1) is 16.0. The van der Waals surface area contributed by atoms with Gasteiger partial charge in [0, 0.05) is 22.8 Å². The van der Waals surface area contributed by atoms with Crippen LogP contribution in [0.15, 0.2) is 48.5 Å². The molecule has 2 N–H and O–H groups in total. The molecular weight excluding hydrogens is 308 g/mol. The lowest BCUT2D eigenvalue weighted by Gasteiger charge is -2.29. The van der Waals surface area contributed by atoms with Gasteiger partial charge in [-0.15, -0.1) is 0 Å². The van der Waals surface area contributed by atoms with Crippen molar-refractivity contribution in [3.63, 3.8) is 0 Å². The largest absolute Gasteiger partial charge is 0.333 e. The monoisotopic (exact) mass is 329 g/mol. The molecule has 0 saturated carbocycles. The molecule has 0 fully saturated rings. The molecule has 23 heavy (non-hydrogen) atoms. The van der Waals surface area contributed by atoms with Crippen LogP contribution in [0.25, 0.3) is 0 Å². The lowest BCUT2D eigenvalue weighted by atomic mass is 10.0. The summed E-state index contributed by atoms with van der Waals surface area (Å²) in [5, 5.41) is 2.82. The van der Waals surface area contributed by atoms with Crippen LogP contribution in [-0.4, -0.2) is 19.0 Å². The van der Waals surface area contributed by atoms with Crippen molar-refractivity contribution >= 4 is 23.2 Å². The van der Waals surface area contributed by atoms with Crippen molar-refractivity contribution in [1.29, 1.82) is 0 Å². The minimum Gasteiger partial charge on any atom is -0.333 e. The third-order valence-electron chi connectivity index (χ3n) is 4.45. The Hall–Kier alpha value is -1.84. The molecule has 1 heterocycles. The standard InChI is InChI=1S/C19H21ClN2O/c1-14(15-8-10-17(20)11-9-15)21-13-19(23)22-12-4-6-16-5-2-3-7-18(16)22/h2-3,5,7-11,14,21H,4,6,12-13H2,1H3/p+1/t14-/m1/s1. The van der Waals surface area contributed by atoms with Crippen molar-refractivity contribution in [3.05, 3.63) is 64.7 Å². The van der Waals surface area contributed by atoms with E-state index in [2.05, 4.69) is 24.4 Å². The normalized spacial score (nSPS) is 15.1. The zero-order valence-corrected chi connectivity index (χ0v) is 14.1. The number of quaternary nitrogens is 1. The van der Waals surface area contributed by atoms with E-state index >= 15 is 0 Å². The van der Waals surface area contributed by atoms with Gasteiger partial charge in [-0.1, -0.05) is 41.9 Å². The fraction of sp³-hybridized carbons (Fsp3) is 0.316. The van der Waals surface area contributed by atoms with E-state index in [1.165, 1.54) is 11.1 Å². The molecule has 1 amide bonds. The lowest BCUT2D eigenvalue weighted by Crippen LogP contribution is -2.87. The zero-order chi connectivity index (χ0) is 16.2. The van der Waals surface area contributed by atoms with Crippen LogP contribution < -0.4 is 10.2 Å². The molecule has 3 rings (SSSR count). The molecule has 1 atom stereocenters. The highest BCUT2D eigenvalue weighted by Gasteiger charge is 2.23. The average Bonchev–Trinajstić information content (AvgIpc) is 2.59. The number of nitrogens with two attached hydrogens (primary N) is 1. The van der Waals surface area contributed by atoms with Crippen molar-refractivity contribution in [3.8, 4) is 0 Å². The number of fused-ring (bicyclic) bond motifs is 1. The average molecular weight is 330 g/mol. The summed E-state index contributed by atoms with van der Waals surface area (Å²) in [7, 11) is 0. The summed E-state index contributed by atoms with van der Waals surface area (Å²) in [4.78, 5) is 14.6. The number of hydrogen-bond donors (Lipinski definition) is 1. The van der Waals surface area contributed by atoms with Gasteiger partial charge >= 0.3 is 0 Å². The minimum absolute atomic E-state index is 0.179. The number of aryl methyl sites for hydroxylation is 1. The van der Waals surface area contributed by atoms with Crippen molar-refractivity contribution in [2.45, 2.75) is 25.8 Å². The number of hydrogen-bond acceptors (Lipinski definition) is 1. The van der Waals surface area contributed by atoms with Crippen LogP contribution in [0.1, 0.15) is 30.5 Å². The van der Waals surface area contributed by atoms with E-state index in [0.29, 0.717) is 6.54 Å². The number of para-hydroxylation sites is 1. The van der Waals surface area contributed by atoms with Crippen LogP contribution in [-0.2, 0) is 11.2 Å². The molecule has 0 saturated heterocycles. The number of carbonyl (C=O) groups is 1. The quantitative estimate of drug-likeness (QED) is 0.920. The topological polar surface area (TPSA) is 36.9 Å². The maximum atomic E-state index is 12.6. The van der Waals surface area contributed by atoms with Gasteiger partial charge in [-0.25, -0.2) is 0 Å². The first-order valence-electron chi connectivity index (χ1n) is 8.12. The Kier molecular flexibility index (Phi) is 4.99. The summed E-state index contributed by atoms with van der Waals surface area (Å²) in [6.07, 6.45) is 2.10. The van der Waals surface area contributed by atoms with Gasteiger partial charge in [0.15, 0.2) is 6.54 Å². The van der Waals surface area contributed by atoms with Crippen molar-refractivity contribution < 1.29 is 10.1 Å². The first-order valence-corrected chi connectivity index (χ1v) is 8.50. The molecule has 1 aliphatic heterocycles. The molecule has 2 aromatic carbocycles. The number of rotatable bonds is 4. The van der Waals surface area contributed by atoms with E-state index in [-0.39, 0.29) is 11.9 Å². The highest BCUT2D eigenvalue weighted by atomic mass is 35.5. The van der Waals surface area contributed by atoms with Crippen LogP contribution >= 0.6 is 11.6 Å². The van der Waals surface area contributed by atoms with Gasteiger partial charge in [0.05, 0.1) is 0 Å².